The molecule has 0 aliphatic rings. The summed E-state index contributed by atoms with van der Waals surface area (Å²) in [5, 5.41) is 12.3. The molecule has 7 heteroatoms. The average molecular weight is 303 g/mol. The van der Waals surface area contributed by atoms with Crippen LogP contribution in [0.1, 0.15) is 15.9 Å². The second kappa shape index (κ2) is 6.21. The van der Waals surface area contributed by atoms with Crippen LogP contribution < -0.4 is 20.5 Å². The monoisotopic (exact) mass is 303 g/mol. The molecule has 0 fully saturated rings. The zero-order valence-electron chi connectivity index (χ0n) is 12.5. The van der Waals surface area contributed by atoms with Crippen molar-refractivity contribution in [2.24, 2.45) is 0 Å². The van der Waals surface area contributed by atoms with Crippen molar-refractivity contribution in [1.82, 2.24) is 4.98 Å². The molecule has 2 aromatic rings. The number of aryl methyl sites for hydroxylation is 1. The fourth-order valence-corrected chi connectivity index (χ4v) is 1.93. The number of carboxylic acid groups (broad SMARTS) is 1. The Kier molecular flexibility index (Phi) is 4.36. The van der Waals surface area contributed by atoms with Crippen LogP contribution in [0, 0.1) is 6.92 Å². The Morgan fingerprint density at radius 1 is 1.23 bits per heavy atom. The zero-order chi connectivity index (χ0) is 16.3. The van der Waals surface area contributed by atoms with Gasteiger partial charge in [0.1, 0.15) is 5.82 Å². The molecule has 0 saturated carbocycles. The third-order valence-electron chi connectivity index (χ3n) is 3.17. The molecule has 1 aromatic heterocycles. The Hall–Kier alpha value is -2.96. The molecular formula is C15H17N3O4. The van der Waals surface area contributed by atoms with Crippen LogP contribution in [0.3, 0.4) is 0 Å². The molecule has 22 heavy (non-hydrogen) atoms. The molecule has 0 spiro atoms. The quantitative estimate of drug-likeness (QED) is 0.778. The zero-order valence-corrected chi connectivity index (χ0v) is 12.5. The van der Waals surface area contributed by atoms with Gasteiger partial charge in [0.2, 0.25) is 0 Å². The molecular weight excluding hydrogens is 286 g/mol. The van der Waals surface area contributed by atoms with Crippen molar-refractivity contribution in [3.05, 3.63) is 35.5 Å². The maximum atomic E-state index is 11.4. The molecule has 0 aliphatic heterocycles. The lowest BCUT2D eigenvalue weighted by atomic mass is 10.1. The number of pyridine rings is 1. The van der Waals surface area contributed by atoms with Crippen molar-refractivity contribution >= 4 is 23.2 Å². The number of carboxylic acids is 1. The van der Waals surface area contributed by atoms with E-state index < -0.39 is 5.97 Å². The number of nitrogens with one attached hydrogen (secondary N) is 1. The van der Waals surface area contributed by atoms with Crippen LogP contribution in [-0.2, 0) is 0 Å². The van der Waals surface area contributed by atoms with Crippen molar-refractivity contribution in [3.8, 4) is 11.5 Å². The number of anilines is 3. The second-order valence-corrected chi connectivity index (χ2v) is 4.61. The average Bonchev–Trinajstić information content (AvgIpc) is 2.50. The lowest BCUT2D eigenvalue weighted by molar-refractivity contribution is 0.0697. The largest absolute Gasteiger partial charge is 0.493 e. The highest BCUT2D eigenvalue weighted by atomic mass is 16.5. The SMILES string of the molecule is COc1cc(Nc2cc(C)c(N)cn2)c(C(=O)O)cc1OC. The minimum absolute atomic E-state index is 0.0499. The lowest BCUT2D eigenvalue weighted by Gasteiger charge is -2.14. The van der Waals surface area contributed by atoms with Crippen molar-refractivity contribution in [2.45, 2.75) is 6.92 Å². The molecule has 0 aliphatic carbocycles. The summed E-state index contributed by atoms with van der Waals surface area (Å²) in [5.41, 5.74) is 7.53. The molecule has 2 rings (SSSR count). The van der Waals surface area contributed by atoms with E-state index in [1.165, 1.54) is 26.5 Å². The molecule has 0 radical (unpaired) electrons. The van der Waals surface area contributed by atoms with Gasteiger partial charge in [0.15, 0.2) is 11.5 Å². The van der Waals surface area contributed by atoms with Gasteiger partial charge in [0, 0.05) is 12.1 Å². The van der Waals surface area contributed by atoms with E-state index in [-0.39, 0.29) is 5.56 Å². The summed E-state index contributed by atoms with van der Waals surface area (Å²) in [7, 11) is 2.93. The van der Waals surface area contributed by atoms with E-state index in [9.17, 15) is 9.90 Å². The number of aromatic carboxylic acids is 1. The Balaban J connectivity index is 2.48. The number of benzene rings is 1. The van der Waals surface area contributed by atoms with E-state index in [1.54, 1.807) is 12.1 Å². The summed E-state index contributed by atoms with van der Waals surface area (Å²) in [5.74, 6) is 0.158. The van der Waals surface area contributed by atoms with Gasteiger partial charge in [-0.1, -0.05) is 0 Å². The van der Waals surface area contributed by atoms with Crippen molar-refractivity contribution in [2.75, 3.05) is 25.3 Å². The van der Waals surface area contributed by atoms with E-state index >= 15 is 0 Å². The third-order valence-corrected chi connectivity index (χ3v) is 3.17. The van der Waals surface area contributed by atoms with E-state index in [0.29, 0.717) is 28.7 Å². The Morgan fingerprint density at radius 3 is 2.41 bits per heavy atom. The van der Waals surface area contributed by atoms with Gasteiger partial charge in [0.05, 0.1) is 37.4 Å². The molecule has 1 heterocycles. The first kappa shape index (κ1) is 15.4. The van der Waals surface area contributed by atoms with Crippen LogP contribution in [0.2, 0.25) is 0 Å². The summed E-state index contributed by atoms with van der Waals surface area (Å²) in [4.78, 5) is 15.6. The van der Waals surface area contributed by atoms with Crippen molar-refractivity contribution in [1.29, 1.82) is 0 Å². The van der Waals surface area contributed by atoms with Crippen LogP contribution >= 0.6 is 0 Å². The fraction of sp³-hybridized carbons (Fsp3) is 0.200. The molecule has 4 N–H and O–H groups in total. The highest BCUT2D eigenvalue weighted by Gasteiger charge is 2.16. The van der Waals surface area contributed by atoms with Crippen LogP contribution in [0.25, 0.3) is 0 Å². The smallest absolute Gasteiger partial charge is 0.337 e. The minimum Gasteiger partial charge on any atom is -0.493 e. The van der Waals surface area contributed by atoms with Gasteiger partial charge >= 0.3 is 5.97 Å². The first-order valence-corrected chi connectivity index (χ1v) is 6.44. The number of carbonyl (C=O) groups is 1. The van der Waals surface area contributed by atoms with Gasteiger partial charge in [-0.2, -0.15) is 0 Å². The van der Waals surface area contributed by atoms with E-state index in [1.807, 2.05) is 6.92 Å². The van der Waals surface area contributed by atoms with Crippen molar-refractivity contribution < 1.29 is 19.4 Å². The summed E-state index contributed by atoms with van der Waals surface area (Å²) >= 11 is 0. The molecule has 7 nitrogen and oxygen atoms in total. The molecule has 0 unspecified atom stereocenters. The second-order valence-electron chi connectivity index (χ2n) is 4.61. The number of rotatable bonds is 5. The molecule has 0 amide bonds. The van der Waals surface area contributed by atoms with Crippen LogP contribution in [0.15, 0.2) is 24.4 Å². The van der Waals surface area contributed by atoms with Gasteiger partial charge in [-0.25, -0.2) is 9.78 Å². The standard InChI is InChI=1S/C15H17N3O4/c1-8-4-14(17-7-10(8)16)18-11-6-13(22-3)12(21-2)5-9(11)15(19)20/h4-7H,16H2,1-3H3,(H,17,18)(H,19,20). The number of aromatic nitrogens is 1. The molecule has 0 bridgehead atoms. The van der Waals surface area contributed by atoms with E-state index in [4.69, 9.17) is 15.2 Å². The minimum atomic E-state index is -1.09. The molecule has 0 saturated heterocycles. The number of nitrogen functional groups attached to an aromatic ring is 1. The normalized spacial score (nSPS) is 10.1. The Bertz CT molecular complexity index is 716. The van der Waals surface area contributed by atoms with Gasteiger partial charge in [0.25, 0.3) is 0 Å². The van der Waals surface area contributed by atoms with Gasteiger partial charge in [-0.3, -0.25) is 0 Å². The number of hydrogen-bond acceptors (Lipinski definition) is 6. The number of nitrogens with two attached hydrogens (primary N) is 1. The van der Waals surface area contributed by atoms with Gasteiger partial charge in [-0.05, 0) is 18.6 Å². The maximum absolute atomic E-state index is 11.4. The Labute approximate surface area is 127 Å². The number of hydrogen-bond donors (Lipinski definition) is 3. The number of ether oxygens (including phenoxy) is 2. The van der Waals surface area contributed by atoms with Gasteiger partial charge < -0.3 is 25.6 Å². The van der Waals surface area contributed by atoms with Gasteiger partial charge in [-0.15, -0.1) is 0 Å². The third kappa shape index (κ3) is 3.03. The summed E-state index contributed by atoms with van der Waals surface area (Å²) < 4.78 is 10.3. The first-order chi connectivity index (χ1) is 10.5. The summed E-state index contributed by atoms with van der Waals surface area (Å²) in [6.45, 7) is 1.84. The molecule has 1 aromatic carbocycles. The number of methoxy groups -OCH3 is 2. The number of nitrogens with zero attached hydrogens (tertiary/aromatic N) is 1. The fourth-order valence-electron chi connectivity index (χ4n) is 1.93. The highest BCUT2D eigenvalue weighted by Crippen LogP contribution is 2.34. The first-order valence-electron chi connectivity index (χ1n) is 6.44. The predicted molar refractivity (Wildman–Crippen MR) is 83.2 cm³/mol. The van der Waals surface area contributed by atoms with E-state index in [0.717, 1.165) is 5.56 Å². The van der Waals surface area contributed by atoms with Crippen LogP contribution in [-0.4, -0.2) is 30.3 Å². The van der Waals surface area contributed by atoms with Crippen molar-refractivity contribution in [3.63, 3.8) is 0 Å². The summed E-state index contributed by atoms with van der Waals surface area (Å²) in [6.07, 6.45) is 1.51. The molecule has 116 valence electrons. The lowest BCUT2D eigenvalue weighted by Crippen LogP contribution is -2.06. The highest BCUT2D eigenvalue weighted by molar-refractivity contribution is 5.96. The summed E-state index contributed by atoms with van der Waals surface area (Å²) in [6, 6.07) is 4.68. The molecule has 0 atom stereocenters. The Morgan fingerprint density at radius 2 is 1.86 bits per heavy atom. The van der Waals surface area contributed by atoms with E-state index in [2.05, 4.69) is 10.3 Å². The van der Waals surface area contributed by atoms with Crippen LogP contribution in [0.5, 0.6) is 11.5 Å². The predicted octanol–water partition coefficient (Wildman–Crippen LogP) is 2.43. The maximum Gasteiger partial charge on any atom is 0.337 e. The van der Waals surface area contributed by atoms with Crippen LogP contribution in [0.4, 0.5) is 17.2 Å². The topological polar surface area (TPSA) is 107 Å².